The zero-order valence-electron chi connectivity index (χ0n) is 9.52. The summed E-state index contributed by atoms with van der Waals surface area (Å²) in [7, 11) is 3.15. The van der Waals surface area contributed by atoms with Gasteiger partial charge in [0.05, 0.1) is 5.52 Å². The van der Waals surface area contributed by atoms with E-state index in [4.69, 9.17) is 0 Å². The Morgan fingerprint density at radius 1 is 1.06 bits per heavy atom. The number of rotatable bonds is 0. The lowest BCUT2D eigenvalue weighted by molar-refractivity contribution is 0.714. The molecule has 86 valence electrons. The molecule has 2 heterocycles. The van der Waals surface area contributed by atoms with Gasteiger partial charge in [0.25, 0.3) is 5.56 Å². The molecule has 0 radical (unpaired) electrons. The highest BCUT2D eigenvalue weighted by Crippen LogP contribution is 2.20. The van der Waals surface area contributed by atoms with Gasteiger partial charge in [-0.05, 0) is 6.07 Å². The van der Waals surface area contributed by atoms with Crippen molar-refractivity contribution in [1.29, 1.82) is 0 Å². The average Bonchev–Trinajstić information content (AvgIpc) is 2.73. The Morgan fingerprint density at radius 3 is 2.53 bits per heavy atom. The SMILES string of the molecule is Cn1c(=O)c2[nH]c3ccccc3c2n(C)c1=O. The molecule has 0 spiro atoms. The van der Waals surface area contributed by atoms with Gasteiger partial charge in [0.15, 0.2) is 0 Å². The number of aromatic amines is 1. The standard InChI is InChI=1S/C12H11N3O2/c1-14-10-7-5-3-4-6-8(7)13-9(10)11(16)15(2)12(14)17/h3-6,13H,1-2H3. The molecule has 0 aliphatic heterocycles. The predicted molar refractivity (Wildman–Crippen MR) is 66.3 cm³/mol. The minimum Gasteiger partial charge on any atom is -0.349 e. The number of hydrogen-bond donors (Lipinski definition) is 1. The number of H-pyrrole nitrogens is 1. The van der Waals surface area contributed by atoms with Crippen LogP contribution in [0.1, 0.15) is 0 Å². The molecular formula is C12H11N3O2. The van der Waals surface area contributed by atoms with Crippen molar-refractivity contribution in [2.24, 2.45) is 14.1 Å². The van der Waals surface area contributed by atoms with Crippen LogP contribution in [0.4, 0.5) is 0 Å². The van der Waals surface area contributed by atoms with Gasteiger partial charge in [-0.1, -0.05) is 18.2 Å². The first-order valence-corrected chi connectivity index (χ1v) is 5.27. The maximum Gasteiger partial charge on any atom is 0.331 e. The third-order valence-electron chi connectivity index (χ3n) is 3.11. The fraction of sp³-hybridized carbons (Fsp3) is 0.167. The van der Waals surface area contributed by atoms with Crippen molar-refractivity contribution < 1.29 is 0 Å². The predicted octanol–water partition coefficient (Wildman–Crippen LogP) is 0.718. The second kappa shape index (κ2) is 3.10. The highest BCUT2D eigenvalue weighted by atomic mass is 16.2. The Morgan fingerprint density at radius 2 is 1.76 bits per heavy atom. The largest absolute Gasteiger partial charge is 0.349 e. The van der Waals surface area contributed by atoms with Crippen LogP contribution in [0.2, 0.25) is 0 Å². The van der Waals surface area contributed by atoms with Crippen molar-refractivity contribution in [2.75, 3.05) is 0 Å². The van der Waals surface area contributed by atoms with E-state index in [2.05, 4.69) is 4.98 Å². The minimum absolute atomic E-state index is 0.292. The molecule has 0 amide bonds. The van der Waals surface area contributed by atoms with Gasteiger partial charge in [-0.3, -0.25) is 13.9 Å². The highest BCUT2D eigenvalue weighted by Gasteiger charge is 2.13. The summed E-state index contributed by atoms with van der Waals surface area (Å²) in [4.78, 5) is 26.9. The molecule has 0 saturated heterocycles. The van der Waals surface area contributed by atoms with Gasteiger partial charge in [-0.2, -0.15) is 0 Å². The van der Waals surface area contributed by atoms with Crippen molar-refractivity contribution in [1.82, 2.24) is 14.1 Å². The Labute approximate surface area is 95.9 Å². The monoisotopic (exact) mass is 229 g/mol. The van der Waals surface area contributed by atoms with Gasteiger partial charge in [-0.25, -0.2) is 4.79 Å². The van der Waals surface area contributed by atoms with Crippen molar-refractivity contribution in [3.63, 3.8) is 0 Å². The van der Waals surface area contributed by atoms with E-state index in [1.807, 2.05) is 24.3 Å². The maximum absolute atomic E-state index is 12.0. The molecule has 0 aliphatic carbocycles. The molecule has 2 aromatic heterocycles. The summed E-state index contributed by atoms with van der Waals surface area (Å²) in [6.07, 6.45) is 0. The molecule has 17 heavy (non-hydrogen) atoms. The van der Waals surface area contributed by atoms with E-state index in [1.165, 1.54) is 11.6 Å². The zero-order chi connectivity index (χ0) is 12.2. The lowest BCUT2D eigenvalue weighted by Gasteiger charge is -2.03. The Bertz CT molecular complexity index is 852. The Hall–Kier alpha value is -2.30. The van der Waals surface area contributed by atoms with E-state index in [0.717, 1.165) is 15.5 Å². The average molecular weight is 229 g/mol. The Kier molecular flexibility index (Phi) is 1.80. The summed E-state index contributed by atoms with van der Waals surface area (Å²) in [6.45, 7) is 0. The first kappa shape index (κ1) is 9.89. The van der Waals surface area contributed by atoms with Crippen LogP contribution in [-0.2, 0) is 14.1 Å². The number of benzene rings is 1. The molecule has 3 rings (SSSR count). The molecule has 0 bridgehead atoms. The van der Waals surface area contributed by atoms with E-state index in [0.29, 0.717) is 11.0 Å². The van der Waals surface area contributed by atoms with Gasteiger partial charge in [0.2, 0.25) is 0 Å². The van der Waals surface area contributed by atoms with E-state index in [-0.39, 0.29) is 11.2 Å². The third kappa shape index (κ3) is 1.13. The summed E-state index contributed by atoms with van der Waals surface area (Å²) < 4.78 is 2.60. The molecule has 0 unspecified atom stereocenters. The topological polar surface area (TPSA) is 59.8 Å². The second-order valence-electron chi connectivity index (χ2n) is 4.10. The van der Waals surface area contributed by atoms with E-state index >= 15 is 0 Å². The van der Waals surface area contributed by atoms with Crippen LogP contribution in [0.5, 0.6) is 0 Å². The highest BCUT2D eigenvalue weighted by molar-refractivity contribution is 6.04. The van der Waals surface area contributed by atoms with Gasteiger partial charge in [-0.15, -0.1) is 0 Å². The quantitative estimate of drug-likeness (QED) is 0.617. The number of hydrogen-bond acceptors (Lipinski definition) is 2. The zero-order valence-corrected chi connectivity index (χ0v) is 9.52. The van der Waals surface area contributed by atoms with Crippen molar-refractivity contribution in [2.45, 2.75) is 0 Å². The lowest BCUT2D eigenvalue weighted by atomic mass is 10.2. The molecule has 5 nitrogen and oxygen atoms in total. The first-order valence-electron chi connectivity index (χ1n) is 5.27. The normalized spacial score (nSPS) is 11.4. The number of aryl methyl sites for hydroxylation is 1. The van der Waals surface area contributed by atoms with Crippen LogP contribution in [0.15, 0.2) is 33.9 Å². The molecule has 5 heteroatoms. The molecule has 0 atom stereocenters. The molecule has 1 aromatic carbocycles. The van der Waals surface area contributed by atoms with Crippen LogP contribution >= 0.6 is 0 Å². The molecular weight excluding hydrogens is 218 g/mol. The summed E-state index contributed by atoms with van der Waals surface area (Å²) >= 11 is 0. The van der Waals surface area contributed by atoms with E-state index in [9.17, 15) is 9.59 Å². The summed E-state index contributed by atoms with van der Waals surface area (Å²) in [5.41, 5.74) is 1.39. The maximum atomic E-state index is 12.0. The fourth-order valence-electron chi connectivity index (χ4n) is 2.21. The summed E-state index contributed by atoms with van der Waals surface area (Å²) in [6, 6.07) is 7.56. The van der Waals surface area contributed by atoms with Crippen LogP contribution in [0, 0.1) is 0 Å². The molecule has 1 N–H and O–H groups in total. The van der Waals surface area contributed by atoms with Gasteiger partial charge < -0.3 is 4.98 Å². The fourth-order valence-corrected chi connectivity index (χ4v) is 2.21. The minimum atomic E-state index is -0.313. The number of para-hydroxylation sites is 1. The molecule has 0 fully saturated rings. The summed E-state index contributed by atoms with van der Waals surface area (Å²) in [5, 5.41) is 0.889. The van der Waals surface area contributed by atoms with Crippen molar-refractivity contribution >= 4 is 21.9 Å². The lowest BCUT2D eigenvalue weighted by Crippen LogP contribution is -2.36. The second-order valence-corrected chi connectivity index (χ2v) is 4.10. The van der Waals surface area contributed by atoms with Gasteiger partial charge in [0, 0.05) is 25.0 Å². The molecule has 3 aromatic rings. The third-order valence-corrected chi connectivity index (χ3v) is 3.11. The van der Waals surface area contributed by atoms with Crippen LogP contribution in [0.25, 0.3) is 21.9 Å². The van der Waals surface area contributed by atoms with Gasteiger partial charge in [0.1, 0.15) is 5.52 Å². The van der Waals surface area contributed by atoms with Gasteiger partial charge >= 0.3 is 5.69 Å². The van der Waals surface area contributed by atoms with Crippen LogP contribution < -0.4 is 11.2 Å². The number of fused-ring (bicyclic) bond motifs is 3. The number of nitrogens with one attached hydrogen (secondary N) is 1. The number of nitrogens with zero attached hydrogens (tertiary/aromatic N) is 2. The van der Waals surface area contributed by atoms with E-state index < -0.39 is 0 Å². The first-order chi connectivity index (χ1) is 8.11. The van der Waals surface area contributed by atoms with Crippen molar-refractivity contribution in [3.8, 4) is 0 Å². The van der Waals surface area contributed by atoms with Crippen LogP contribution in [0.3, 0.4) is 0 Å². The molecule has 0 saturated carbocycles. The van der Waals surface area contributed by atoms with E-state index in [1.54, 1.807) is 7.05 Å². The molecule has 0 aliphatic rings. The number of aromatic nitrogens is 3. The van der Waals surface area contributed by atoms with Crippen molar-refractivity contribution in [3.05, 3.63) is 45.1 Å². The smallest absolute Gasteiger partial charge is 0.331 e. The summed E-state index contributed by atoms with van der Waals surface area (Å²) in [5.74, 6) is 0. The van der Waals surface area contributed by atoms with Crippen LogP contribution in [-0.4, -0.2) is 14.1 Å². The Balaban J connectivity index is 2.77.